The second-order valence-electron chi connectivity index (χ2n) is 5.26. The van der Waals surface area contributed by atoms with Crippen LogP contribution in [-0.2, 0) is 6.54 Å². The number of hydrogen-bond donors (Lipinski definition) is 1. The van der Waals surface area contributed by atoms with Gasteiger partial charge in [0.05, 0.1) is 10.7 Å². The molecule has 0 aromatic carbocycles. The van der Waals surface area contributed by atoms with E-state index >= 15 is 0 Å². The SMILES string of the molecule is CCCC(CCN)CCC(=O)c1c(Br)cnn1CCC. The topological polar surface area (TPSA) is 60.9 Å². The molecule has 0 spiro atoms. The number of nitrogens with zero attached hydrogens (tertiary/aromatic N) is 2. The van der Waals surface area contributed by atoms with Gasteiger partial charge in [-0.3, -0.25) is 9.48 Å². The summed E-state index contributed by atoms with van der Waals surface area (Å²) in [6, 6.07) is 0. The first-order valence-corrected chi connectivity index (χ1v) is 8.37. The lowest BCUT2D eigenvalue weighted by Crippen LogP contribution is -2.14. The van der Waals surface area contributed by atoms with Crippen molar-refractivity contribution in [3.05, 3.63) is 16.4 Å². The summed E-state index contributed by atoms with van der Waals surface area (Å²) in [6.45, 7) is 5.75. The number of carbonyl (C=O) groups excluding carboxylic acids is 1. The van der Waals surface area contributed by atoms with Gasteiger partial charge in [-0.25, -0.2) is 0 Å². The number of ketones is 1. The van der Waals surface area contributed by atoms with Crippen LogP contribution in [0, 0.1) is 5.92 Å². The molecule has 0 bridgehead atoms. The van der Waals surface area contributed by atoms with Gasteiger partial charge in [0.25, 0.3) is 0 Å². The Morgan fingerprint density at radius 2 is 2.10 bits per heavy atom. The molecule has 0 saturated carbocycles. The van der Waals surface area contributed by atoms with Crippen molar-refractivity contribution in [1.82, 2.24) is 9.78 Å². The highest BCUT2D eigenvalue weighted by Crippen LogP contribution is 2.22. The quantitative estimate of drug-likeness (QED) is 0.657. The van der Waals surface area contributed by atoms with Crippen LogP contribution in [0.2, 0.25) is 0 Å². The van der Waals surface area contributed by atoms with Crippen molar-refractivity contribution in [3.63, 3.8) is 0 Å². The molecule has 5 heteroatoms. The lowest BCUT2D eigenvalue weighted by Gasteiger charge is -2.14. The second-order valence-corrected chi connectivity index (χ2v) is 6.11. The number of aryl methyl sites for hydroxylation is 1. The molecule has 1 aromatic heterocycles. The van der Waals surface area contributed by atoms with E-state index in [-0.39, 0.29) is 5.78 Å². The zero-order valence-corrected chi connectivity index (χ0v) is 14.2. The van der Waals surface area contributed by atoms with Gasteiger partial charge in [0, 0.05) is 13.0 Å². The summed E-state index contributed by atoms with van der Waals surface area (Å²) in [5.74, 6) is 0.747. The van der Waals surface area contributed by atoms with Crippen LogP contribution in [0.1, 0.15) is 62.9 Å². The van der Waals surface area contributed by atoms with Crippen LogP contribution in [-0.4, -0.2) is 22.1 Å². The molecule has 0 radical (unpaired) electrons. The smallest absolute Gasteiger partial charge is 0.182 e. The fourth-order valence-electron chi connectivity index (χ4n) is 2.55. The van der Waals surface area contributed by atoms with Crippen LogP contribution in [0.4, 0.5) is 0 Å². The summed E-state index contributed by atoms with van der Waals surface area (Å²) in [5.41, 5.74) is 6.36. The van der Waals surface area contributed by atoms with Crippen LogP contribution in [0.25, 0.3) is 0 Å². The number of nitrogens with two attached hydrogens (primary N) is 1. The van der Waals surface area contributed by atoms with Gasteiger partial charge in [0.1, 0.15) is 5.69 Å². The molecule has 2 N–H and O–H groups in total. The Bertz CT molecular complexity index is 411. The van der Waals surface area contributed by atoms with Gasteiger partial charge in [-0.1, -0.05) is 26.7 Å². The summed E-state index contributed by atoms with van der Waals surface area (Å²) in [4.78, 5) is 12.4. The van der Waals surface area contributed by atoms with Crippen molar-refractivity contribution in [1.29, 1.82) is 0 Å². The number of carbonyl (C=O) groups is 1. The van der Waals surface area contributed by atoms with Crippen LogP contribution >= 0.6 is 15.9 Å². The van der Waals surface area contributed by atoms with E-state index in [9.17, 15) is 4.79 Å². The van der Waals surface area contributed by atoms with Gasteiger partial charge >= 0.3 is 0 Å². The minimum atomic E-state index is 0.181. The van der Waals surface area contributed by atoms with Crippen molar-refractivity contribution in [2.45, 2.75) is 58.9 Å². The molecule has 1 rings (SSSR count). The lowest BCUT2D eigenvalue weighted by atomic mass is 9.93. The molecule has 20 heavy (non-hydrogen) atoms. The van der Waals surface area contributed by atoms with Crippen LogP contribution in [0.15, 0.2) is 10.7 Å². The average Bonchev–Trinajstić information content (AvgIpc) is 2.78. The number of hydrogen-bond acceptors (Lipinski definition) is 3. The molecule has 1 aromatic rings. The molecule has 0 aliphatic heterocycles. The first-order chi connectivity index (χ1) is 9.63. The average molecular weight is 344 g/mol. The second kappa shape index (κ2) is 9.29. The predicted molar refractivity (Wildman–Crippen MR) is 85.9 cm³/mol. The van der Waals surface area contributed by atoms with Crippen molar-refractivity contribution in [2.24, 2.45) is 11.7 Å². The summed E-state index contributed by atoms with van der Waals surface area (Å²) < 4.78 is 2.62. The van der Waals surface area contributed by atoms with Crippen molar-refractivity contribution in [2.75, 3.05) is 6.54 Å². The predicted octanol–water partition coefficient (Wildman–Crippen LogP) is 3.78. The van der Waals surface area contributed by atoms with E-state index in [1.54, 1.807) is 6.20 Å². The maximum absolute atomic E-state index is 12.4. The molecule has 1 unspecified atom stereocenters. The van der Waals surface area contributed by atoms with Crippen molar-refractivity contribution >= 4 is 21.7 Å². The van der Waals surface area contributed by atoms with E-state index in [0.717, 1.165) is 48.8 Å². The third kappa shape index (κ3) is 5.02. The summed E-state index contributed by atoms with van der Waals surface area (Å²) in [5, 5.41) is 4.26. The first kappa shape index (κ1) is 17.4. The number of Topliss-reactive ketones (excluding diaryl/α,β-unsaturated/α-hetero) is 1. The van der Waals surface area contributed by atoms with E-state index in [2.05, 4.69) is 34.9 Å². The van der Waals surface area contributed by atoms with E-state index in [0.29, 0.717) is 18.9 Å². The Morgan fingerprint density at radius 1 is 1.35 bits per heavy atom. The summed E-state index contributed by atoms with van der Waals surface area (Å²) >= 11 is 3.43. The maximum Gasteiger partial charge on any atom is 0.182 e. The minimum absolute atomic E-state index is 0.181. The molecule has 0 fully saturated rings. The van der Waals surface area contributed by atoms with Crippen LogP contribution in [0.3, 0.4) is 0 Å². The Labute approximate surface area is 130 Å². The van der Waals surface area contributed by atoms with Gasteiger partial charge in [0.15, 0.2) is 5.78 Å². The van der Waals surface area contributed by atoms with Crippen molar-refractivity contribution < 1.29 is 4.79 Å². The molecule has 0 aliphatic carbocycles. The molecule has 0 aliphatic rings. The fraction of sp³-hybridized carbons (Fsp3) is 0.733. The molecule has 0 amide bonds. The maximum atomic E-state index is 12.4. The van der Waals surface area contributed by atoms with E-state index in [4.69, 9.17) is 5.73 Å². The van der Waals surface area contributed by atoms with E-state index in [1.165, 1.54) is 0 Å². The largest absolute Gasteiger partial charge is 0.330 e. The van der Waals surface area contributed by atoms with Crippen molar-refractivity contribution in [3.8, 4) is 0 Å². The summed E-state index contributed by atoms with van der Waals surface area (Å²) in [6.07, 6.45) is 7.51. The van der Waals surface area contributed by atoms with Gasteiger partial charge < -0.3 is 5.73 Å². The summed E-state index contributed by atoms with van der Waals surface area (Å²) in [7, 11) is 0. The highest BCUT2D eigenvalue weighted by atomic mass is 79.9. The standard InChI is InChI=1S/C15H26BrN3O/c1-3-5-12(8-9-17)6-7-14(20)15-13(16)11-18-19(15)10-4-2/h11-12H,3-10,17H2,1-2H3. The number of halogens is 1. The highest BCUT2D eigenvalue weighted by molar-refractivity contribution is 9.10. The van der Waals surface area contributed by atoms with Gasteiger partial charge in [-0.2, -0.15) is 5.10 Å². The Hall–Kier alpha value is -0.680. The molecule has 1 heterocycles. The zero-order valence-electron chi connectivity index (χ0n) is 12.6. The molecule has 0 saturated heterocycles. The third-order valence-corrected chi connectivity index (χ3v) is 4.13. The third-order valence-electron chi connectivity index (χ3n) is 3.55. The van der Waals surface area contributed by atoms with Gasteiger partial charge in [-0.15, -0.1) is 0 Å². The Balaban J connectivity index is 2.63. The van der Waals surface area contributed by atoms with E-state index < -0.39 is 0 Å². The molecular formula is C15H26BrN3O. The zero-order chi connectivity index (χ0) is 15.0. The van der Waals surface area contributed by atoms with Gasteiger partial charge in [0.2, 0.25) is 0 Å². The molecule has 114 valence electrons. The Morgan fingerprint density at radius 3 is 2.70 bits per heavy atom. The van der Waals surface area contributed by atoms with Crippen LogP contribution in [0.5, 0.6) is 0 Å². The number of rotatable bonds is 10. The first-order valence-electron chi connectivity index (χ1n) is 7.58. The fourth-order valence-corrected chi connectivity index (χ4v) is 3.07. The van der Waals surface area contributed by atoms with E-state index in [1.807, 2.05) is 4.68 Å². The highest BCUT2D eigenvalue weighted by Gasteiger charge is 2.18. The number of aromatic nitrogens is 2. The molecule has 1 atom stereocenters. The molecule has 4 nitrogen and oxygen atoms in total. The van der Waals surface area contributed by atoms with Gasteiger partial charge in [-0.05, 0) is 47.7 Å². The van der Waals surface area contributed by atoms with Crippen LogP contribution < -0.4 is 5.73 Å². The monoisotopic (exact) mass is 343 g/mol. The Kier molecular flexibility index (Phi) is 8.07. The normalized spacial score (nSPS) is 12.6. The minimum Gasteiger partial charge on any atom is -0.330 e. The molecular weight excluding hydrogens is 318 g/mol. The lowest BCUT2D eigenvalue weighted by molar-refractivity contribution is 0.0960.